The van der Waals surface area contributed by atoms with Crippen molar-refractivity contribution in [2.24, 2.45) is 0 Å². The molecule has 3 N–H and O–H groups in total. The number of ether oxygens (including phenoxy) is 2. The van der Waals surface area contributed by atoms with E-state index in [2.05, 4.69) is 92.8 Å². The lowest BCUT2D eigenvalue weighted by Crippen LogP contribution is -2.28. The second-order valence-corrected chi connectivity index (χ2v) is 13.6. The van der Waals surface area contributed by atoms with Crippen molar-refractivity contribution in [2.75, 3.05) is 26.4 Å². The molecule has 0 aliphatic heterocycles. The third-order valence-corrected chi connectivity index (χ3v) is 8.26. The summed E-state index contributed by atoms with van der Waals surface area (Å²) in [5.74, 6) is -1.14. The van der Waals surface area contributed by atoms with Crippen LogP contribution in [-0.4, -0.2) is 65.7 Å². The van der Waals surface area contributed by atoms with Crippen LogP contribution in [0.25, 0.3) is 0 Å². The lowest BCUT2D eigenvalue weighted by molar-refractivity contribution is -0.153. The fourth-order valence-corrected chi connectivity index (χ4v) is 5.19. The fraction of sp³-hybridized carbons (Fsp3) is 0.571. The Labute approximate surface area is 319 Å². The Morgan fingerprint density at radius 3 is 1.28 bits per heavy atom. The molecule has 300 valence electrons. The van der Waals surface area contributed by atoms with Crippen LogP contribution in [0.15, 0.2) is 97.2 Å². The highest BCUT2D eigenvalue weighted by molar-refractivity contribution is 7.47. The molecule has 0 saturated heterocycles. The summed E-state index contributed by atoms with van der Waals surface area (Å²) in [6, 6.07) is 0. The first-order valence-corrected chi connectivity index (χ1v) is 20.7. The number of aliphatic hydroxyl groups excluding tert-OH is 2. The van der Waals surface area contributed by atoms with E-state index in [0.29, 0.717) is 12.8 Å². The van der Waals surface area contributed by atoms with Gasteiger partial charge in [0.1, 0.15) is 12.2 Å². The summed E-state index contributed by atoms with van der Waals surface area (Å²) in [7, 11) is -4.66. The molecule has 0 aliphatic rings. The van der Waals surface area contributed by atoms with Crippen molar-refractivity contribution in [1.29, 1.82) is 0 Å². The first-order valence-electron chi connectivity index (χ1n) is 19.2. The molecule has 0 aromatic carbocycles. The molecule has 3 unspecified atom stereocenters. The van der Waals surface area contributed by atoms with Crippen molar-refractivity contribution in [3.05, 3.63) is 97.2 Å². The normalized spacial score (nSPS) is 15.0. The number of carbonyl (C=O) groups excluding carboxylic acids is 2. The molecule has 3 atom stereocenters. The van der Waals surface area contributed by atoms with E-state index < -0.39 is 58.4 Å². The SMILES string of the molecule is CC/C=C\C/C=C\C/C=C\C/C=C\CCCCCCC(=O)OC(CO)COP(=O)(O)OCC(CO)OC(=O)CC/C=C\C/C=C\C/C=C\C/C=C\CC. The summed E-state index contributed by atoms with van der Waals surface area (Å²) >= 11 is 0. The molecule has 0 bridgehead atoms. The van der Waals surface area contributed by atoms with Crippen LogP contribution in [0.1, 0.15) is 117 Å². The van der Waals surface area contributed by atoms with Crippen LogP contribution in [0.2, 0.25) is 0 Å². The number of hydrogen-bond acceptors (Lipinski definition) is 9. The van der Waals surface area contributed by atoms with Gasteiger partial charge in [-0.1, -0.05) is 124 Å². The number of phosphoric acid groups is 1. The highest BCUT2D eigenvalue weighted by atomic mass is 31.2. The van der Waals surface area contributed by atoms with Gasteiger partial charge in [0.15, 0.2) is 0 Å². The lowest BCUT2D eigenvalue weighted by atomic mass is 10.1. The Hall–Kier alpha value is -3.11. The van der Waals surface area contributed by atoms with Crippen LogP contribution in [0, 0.1) is 0 Å². The molecule has 0 aliphatic carbocycles. The molecule has 0 saturated carbocycles. The van der Waals surface area contributed by atoms with Gasteiger partial charge in [-0.25, -0.2) is 4.57 Å². The Bertz CT molecular complexity index is 1200. The molecule has 0 aromatic rings. The van der Waals surface area contributed by atoms with Crippen molar-refractivity contribution < 1.29 is 47.8 Å². The maximum absolute atomic E-state index is 12.3. The molecule has 0 spiro atoms. The minimum atomic E-state index is -4.66. The Balaban J connectivity index is 4.12. The average Bonchev–Trinajstić information content (AvgIpc) is 3.14. The second kappa shape index (κ2) is 37.2. The van der Waals surface area contributed by atoms with Gasteiger partial charge in [-0.05, 0) is 77.0 Å². The van der Waals surface area contributed by atoms with Crippen LogP contribution in [-0.2, 0) is 32.7 Å². The minimum Gasteiger partial charge on any atom is -0.457 e. The van der Waals surface area contributed by atoms with Gasteiger partial charge in [-0.3, -0.25) is 18.6 Å². The minimum absolute atomic E-state index is 0.0631. The molecule has 53 heavy (non-hydrogen) atoms. The summed E-state index contributed by atoms with van der Waals surface area (Å²) < 4.78 is 32.3. The molecule has 0 radical (unpaired) electrons. The number of unbranched alkanes of at least 4 members (excludes halogenated alkanes) is 4. The van der Waals surface area contributed by atoms with Gasteiger partial charge in [0.25, 0.3) is 0 Å². The van der Waals surface area contributed by atoms with Gasteiger partial charge in [0, 0.05) is 12.8 Å². The topological polar surface area (TPSA) is 149 Å². The van der Waals surface area contributed by atoms with Crippen molar-refractivity contribution in [3.8, 4) is 0 Å². The highest BCUT2D eigenvalue weighted by Crippen LogP contribution is 2.43. The standard InChI is InChI=1S/C42H67O10P/c1-3-5-7-9-11-13-15-17-18-19-20-22-24-26-28-30-32-34-42(46)52-40(36-44)38-50-53(47,48)49-37-39(35-43)51-41(45)33-31-29-27-25-23-21-16-14-12-10-8-6-4-2/h5-8,11-14,17-18,20-23,27,29,39-40,43-44H,3-4,9-10,15-16,19,24-26,28,30-38H2,1-2H3,(H,47,48)/b7-5-,8-6-,13-11-,14-12-,18-17-,22-20-,23-21-,29-27-. The van der Waals surface area contributed by atoms with Crippen LogP contribution in [0.5, 0.6) is 0 Å². The number of esters is 2. The van der Waals surface area contributed by atoms with Crippen molar-refractivity contribution in [3.63, 3.8) is 0 Å². The van der Waals surface area contributed by atoms with Crippen molar-refractivity contribution in [1.82, 2.24) is 0 Å². The molecule has 0 rings (SSSR count). The predicted molar refractivity (Wildman–Crippen MR) is 214 cm³/mol. The fourth-order valence-electron chi connectivity index (χ4n) is 4.41. The molecule has 11 heteroatoms. The maximum Gasteiger partial charge on any atom is 0.472 e. The number of allylic oxidation sites excluding steroid dienone is 16. The van der Waals surface area contributed by atoms with E-state index in [0.717, 1.165) is 77.0 Å². The van der Waals surface area contributed by atoms with Crippen molar-refractivity contribution >= 4 is 19.8 Å². The summed E-state index contributed by atoms with van der Waals surface area (Å²) in [6.45, 7) is 1.82. The molecular weight excluding hydrogens is 695 g/mol. The first kappa shape index (κ1) is 49.9. The van der Waals surface area contributed by atoms with Crippen LogP contribution in [0.3, 0.4) is 0 Å². The number of rotatable bonds is 34. The number of carbonyl (C=O) groups is 2. The summed E-state index contributed by atoms with van der Waals surface area (Å²) in [4.78, 5) is 34.3. The van der Waals surface area contributed by atoms with Crippen molar-refractivity contribution in [2.45, 2.75) is 129 Å². The Kier molecular flexibility index (Phi) is 35.0. The van der Waals surface area contributed by atoms with Gasteiger partial charge < -0.3 is 24.6 Å². The molecule has 0 fully saturated rings. The first-order chi connectivity index (χ1) is 25.8. The quantitative estimate of drug-likeness (QED) is 0.0250. The van der Waals surface area contributed by atoms with Crippen LogP contribution < -0.4 is 0 Å². The van der Waals surface area contributed by atoms with Crippen LogP contribution >= 0.6 is 7.82 Å². The maximum atomic E-state index is 12.3. The van der Waals surface area contributed by atoms with Gasteiger partial charge >= 0.3 is 19.8 Å². The van der Waals surface area contributed by atoms with E-state index in [-0.39, 0.29) is 12.8 Å². The van der Waals surface area contributed by atoms with Gasteiger partial charge in [-0.15, -0.1) is 0 Å². The van der Waals surface area contributed by atoms with E-state index in [1.54, 1.807) is 0 Å². The smallest absolute Gasteiger partial charge is 0.457 e. The van der Waals surface area contributed by atoms with Gasteiger partial charge in [0.2, 0.25) is 0 Å². The zero-order valence-corrected chi connectivity index (χ0v) is 33.1. The number of hydrogen-bond donors (Lipinski definition) is 3. The third kappa shape index (κ3) is 35.7. The third-order valence-electron chi connectivity index (χ3n) is 7.31. The summed E-state index contributed by atoms with van der Waals surface area (Å²) in [5, 5.41) is 19.1. The second-order valence-electron chi connectivity index (χ2n) is 12.1. The number of phosphoric ester groups is 1. The predicted octanol–water partition coefficient (Wildman–Crippen LogP) is 9.66. The van der Waals surface area contributed by atoms with E-state index >= 15 is 0 Å². The summed E-state index contributed by atoms with van der Waals surface area (Å²) in [6.07, 6.45) is 44.0. The lowest BCUT2D eigenvalue weighted by Gasteiger charge is -2.20. The highest BCUT2D eigenvalue weighted by Gasteiger charge is 2.27. The average molecular weight is 763 g/mol. The zero-order chi connectivity index (χ0) is 39.1. The molecular formula is C42H67O10P. The van der Waals surface area contributed by atoms with E-state index in [1.807, 2.05) is 18.2 Å². The molecule has 0 aromatic heterocycles. The largest absolute Gasteiger partial charge is 0.472 e. The van der Waals surface area contributed by atoms with Gasteiger partial charge in [-0.2, -0.15) is 0 Å². The van der Waals surface area contributed by atoms with E-state index in [1.165, 1.54) is 0 Å². The Morgan fingerprint density at radius 1 is 0.509 bits per heavy atom. The zero-order valence-electron chi connectivity index (χ0n) is 32.2. The summed E-state index contributed by atoms with van der Waals surface area (Å²) in [5.41, 5.74) is 0. The van der Waals surface area contributed by atoms with Gasteiger partial charge in [0.05, 0.1) is 26.4 Å². The molecule has 0 amide bonds. The molecule has 10 nitrogen and oxygen atoms in total. The monoisotopic (exact) mass is 762 g/mol. The Morgan fingerprint density at radius 2 is 0.868 bits per heavy atom. The molecule has 0 heterocycles. The van der Waals surface area contributed by atoms with Crippen LogP contribution in [0.4, 0.5) is 0 Å². The number of aliphatic hydroxyl groups is 2. The van der Waals surface area contributed by atoms with E-state index in [4.69, 9.17) is 18.5 Å². The van der Waals surface area contributed by atoms with E-state index in [9.17, 15) is 29.3 Å².